The molecule has 0 aliphatic heterocycles. The van der Waals surface area contributed by atoms with Gasteiger partial charge in [-0.1, -0.05) is 6.92 Å². The largest absolute Gasteiger partial charge is 0.478 e. The van der Waals surface area contributed by atoms with Gasteiger partial charge < -0.3 is 9.67 Å². The third kappa shape index (κ3) is 2.47. The van der Waals surface area contributed by atoms with Crippen molar-refractivity contribution in [2.45, 2.75) is 19.8 Å². The SMILES string of the molecule is CCCc1nccn1-c1ccc(C(=O)O)cc1C#N. The van der Waals surface area contributed by atoms with Crippen LogP contribution in [-0.4, -0.2) is 20.6 Å². The van der Waals surface area contributed by atoms with Gasteiger partial charge in [-0.3, -0.25) is 0 Å². The summed E-state index contributed by atoms with van der Waals surface area (Å²) in [4.78, 5) is 15.2. The number of aryl methyl sites for hydroxylation is 1. The predicted molar refractivity (Wildman–Crippen MR) is 69.2 cm³/mol. The highest BCUT2D eigenvalue weighted by Gasteiger charge is 2.12. The lowest BCUT2D eigenvalue weighted by molar-refractivity contribution is 0.0697. The molecule has 1 N–H and O–H groups in total. The second-order valence-corrected chi connectivity index (χ2v) is 4.11. The lowest BCUT2D eigenvalue weighted by atomic mass is 10.1. The zero-order chi connectivity index (χ0) is 13.8. The molecular weight excluding hydrogens is 242 g/mol. The Labute approximate surface area is 110 Å². The Morgan fingerprint density at radius 2 is 2.32 bits per heavy atom. The molecule has 0 aliphatic carbocycles. The molecule has 0 amide bonds. The summed E-state index contributed by atoms with van der Waals surface area (Å²) in [5, 5.41) is 18.1. The number of aromatic carboxylic acids is 1. The molecule has 96 valence electrons. The summed E-state index contributed by atoms with van der Waals surface area (Å²) in [6.07, 6.45) is 5.21. The lowest BCUT2D eigenvalue weighted by Crippen LogP contribution is -2.04. The number of hydrogen-bond donors (Lipinski definition) is 1. The van der Waals surface area contributed by atoms with E-state index in [9.17, 15) is 4.79 Å². The molecule has 0 radical (unpaired) electrons. The summed E-state index contributed by atoms with van der Waals surface area (Å²) in [6.45, 7) is 2.05. The summed E-state index contributed by atoms with van der Waals surface area (Å²) in [6, 6.07) is 6.55. The maximum Gasteiger partial charge on any atom is 0.335 e. The summed E-state index contributed by atoms with van der Waals surface area (Å²) in [7, 11) is 0. The van der Waals surface area contributed by atoms with Gasteiger partial charge in [-0.05, 0) is 24.6 Å². The topological polar surface area (TPSA) is 78.9 Å². The van der Waals surface area contributed by atoms with Gasteiger partial charge in [-0.2, -0.15) is 5.26 Å². The van der Waals surface area contributed by atoms with Crippen LogP contribution < -0.4 is 0 Å². The van der Waals surface area contributed by atoms with Gasteiger partial charge in [0.2, 0.25) is 0 Å². The quantitative estimate of drug-likeness (QED) is 0.909. The van der Waals surface area contributed by atoms with Gasteiger partial charge in [0.05, 0.1) is 16.8 Å². The minimum absolute atomic E-state index is 0.109. The molecule has 0 bridgehead atoms. The molecule has 1 aromatic heterocycles. The number of carboxylic acid groups (broad SMARTS) is 1. The van der Waals surface area contributed by atoms with E-state index in [0.717, 1.165) is 18.7 Å². The van der Waals surface area contributed by atoms with Crippen LogP contribution in [0.25, 0.3) is 5.69 Å². The van der Waals surface area contributed by atoms with Gasteiger partial charge in [0, 0.05) is 18.8 Å². The number of aromatic nitrogens is 2. The third-order valence-corrected chi connectivity index (χ3v) is 2.81. The number of carboxylic acids is 1. The molecule has 0 atom stereocenters. The molecule has 0 aliphatic rings. The molecule has 5 heteroatoms. The number of nitriles is 1. The van der Waals surface area contributed by atoms with Crippen molar-refractivity contribution < 1.29 is 9.90 Å². The Kier molecular flexibility index (Phi) is 3.62. The van der Waals surface area contributed by atoms with Crippen molar-refractivity contribution in [3.8, 4) is 11.8 Å². The molecule has 1 aromatic carbocycles. The highest BCUT2D eigenvalue weighted by Crippen LogP contribution is 2.18. The van der Waals surface area contributed by atoms with E-state index in [2.05, 4.69) is 11.9 Å². The molecule has 1 heterocycles. The van der Waals surface area contributed by atoms with Crippen molar-refractivity contribution in [3.05, 3.63) is 47.5 Å². The normalized spacial score (nSPS) is 10.1. The number of imidazole rings is 1. The van der Waals surface area contributed by atoms with E-state index in [1.807, 2.05) is 10.6 Å². The lowest BCUT2D eigenvalue weighted by Gasteiger charge is -2.09. The average molecular weight is 255 g/mol. The molecule has 5 nitrogen and oxygen atoms in total. The number of nitrogens with zero attached hydrogens (tertiary/aromatic N) is 3. The van der Waals surface area contributed by atoms with Crippen molar-refractivity contribution in [2.24, 2.45) is 0 Å². The first kappa shape index (κ1) is 12.8. The molecule has 19 heavy (non-hydrogen) atoms. The molecular formula is C14H13N3O2. The maximum atomic E-state index is 10.9. The van der Waals surface area contributed by atoms with Crippen LogP contribution >= 0.6 is 0 Å². The molecule has 2 rings (SSSR count). The van der Waals surface area contributed by atoms with Crippen LogP contribution in [0.15, 0.2) is 30.6 Å². The van der Waals surface area contributed by atoms with Gasteiger partial charge in [0.1, 0.15) is 11.9 Å². The second kappa shape index (κ2) is 5.36. The van der Waals surface area contributed by atoms with Gasteiger partial charge in [0.15, 0.2) is 0 Å². The Morgan fingerprint density at radius 3 is 2.95 bits per heavy atom. The molecule has 0 saturated carbocycles. The number of hydrogen-bond acceptors (Lipinski definition) is 3. The third-order valence-electron chi connectivity index (χ3n) is 2.81. The fourth-order valence-corrected chi connectivity index (χ4v) is 1.93. The van der Waals surface area contributed by atoms with Crippen molar-refractivity contribution in [2.75, 3.05) is 0 Å². The monoisotopic (exact) mass is 255 g/mol. The van der Waals surface area contributed by atoms with Crippen molar-refractivity contribution in [1.82, 2.24) is 9.55 Å². The van der Waals surface area contributed by atoms with Gasteiger partial charge >= 0.3 is 5.97 Å². The van der Waals surface area contributed by atoms with Crippen molar-refractivity contribution in [1.29, 1.82) is 5.26 Å². The fraction of sp³-hybridized carbons (Fsp3) is 0.214. The molecule has 0 spiro atoms. The Hall–Kier alpha value is -2.61. The van der Waals surface area contributed by atoms with Gasteiger partial charge in [-0.25, -0.2) is 9.78 Å². The summed E-state index contributed by atoms with van der Waals surface area (Å²) < 4.78 is 1.83. The summed E-state index contributed by atoms with van der Waals surface area (Å²) >= 11 is 0. The van der Waals surface area contributed by atoms with E-state index in [0.29, 0.717) is 11.3 Å². The number of benzene rings is 1. The minimum Gasteiger partial charge on any atom is -0.478 e. The van der Waals surface area contributed by atoms with E-state index >= 15 is 0 Å². The molecule has 0 saturated heterocycles. The van der Waals surface area contributed by atoms with Crippen LogP contribution in [0, 0.1) is 11.3 Å². The van der Waals surface area contributed by atoms with Crippen molar-refractivity contribution >= 4 is 5.97 Å². The van der Waals surface area contributed by atoms with Crippen LogP contribution in [-0.2, 0) is 6.42 Å². The van der Waals surface area contributed by atoms with Crippen LogP contribution in [0.4, 0.5) is 0 Å². The molecule has 0 unspecified atom stereocenters. The Morgan fingerprint density at radius 1 is 1.53 bits per heavy atom. The summed E-state index contributed by atoms with van der Waals surface area (Å²) in [5.74, 6) is -0.176. The molecule has 2 aromatic rings. The van der Waals surface area contributed by atoms with Crippen LogP contribution in [0.1, 0.15) is 35.1 Å². The van der Waals surface area contributed by atoms with E-state index < -0.39 is 5.97 Å². The second-order valence-electron chi connectivity index (χ2n) is 4.11. The Bertz CT molecular complexity index is 653. The fourth-order valence-electron chi connectivity index (χ4n) is 1.93. The highest BCUT2D eigenvalue weighted by atomic mass is 16.4. The van der Waals surface area contributed by atoms with Crippen LogP contribution in [0.3, 0.4) is 0 Å². The van der Waals surface area contributed by atoms with Crippen LogP contribution in [0.2, 0.25) is 0 Å². The minimum atomic E-state index is -1.04. The first-order valence-electron chi connectivity index (χ1n) is 5.97. The van der Waals surface area contributed by atoms with E-state index in [4.69, 9.17) is 10.4 Å². The van der Waals surface area contributed by atoms with E-state index in [1.165, 1.54) is 12.1 Å². The van der Waals surface area contributed by atoms with E-state index in [-0.39, 0.29) is 5.56 Å². The van der Waals surface area contributed by atoms with Crippen LogP contribution in [0.5, 0.6) is 0 Å². The average Bonchev–Trinajstić information content (AvgIpc) is 2.86. The Balaban J connectivity index is 2.53. The summed E-state index contributed by atoms with van der Waals surface area (Å²) in [5.41, 5.74) is 1.10. The molecule has 0 fully saturated rings. The standard InChI is InChI=1S/C14H13N3O2/c1-2-3-13-16-6-7-17(13)12-5-4-10(14(18)19)8-11(12)9-15/h4-8H,2-3H2,1H3,(H,18,19). The van der Waals surface area contributed by atoms with Gasteiger partial charge in [0.25, 0.3) is 0 Å². The number of rotatable bonds is 4. The smallest absolute Gasteiger partial charge is 0.335 e. The van der Waals surface area contributed by atoms with E-state index in [1.54, 1.807) is 18.5 Å². The zero-order valence-corrected chi connectivity index (χ0v) is 10.5. The maximum absolute atomic E-state index is 10.9. The van der Waals surface area contributed by atoms with Gasteiger partial charge in [-0.15, -0.1) is 0 Å². The van der Waals surface area contributed by atoms with Crippen molar-refractivity contribution in [3.63, 3.8) is 0 Å². The zero-order valence-electron chi connectivity index (χ0n) is 10.5. The predicted octanol–water partition coefficient (Wildman–Crippen LogP) is 2.39. The highest BCUT2D eigenvalue weighted by molar-refractivity contribution is 5.88. The number of carbonyl (C=O) groups is 1. The first-order valence-corrected chi connectivity index (χ1v) is 5.97. The first-order chi connectivity index (χ1) is 9.17.